The van der Waals surface area contributed by atoms with Crippen LogP contribution in [0.15, 0.2) is 0 Å². The molecule has 4 unspecified atom stereocenters. The molecule has 0 aromatic rings. The lowest BCUT2D eigenvalue weighted by atomic mass is 10.1. The zero-order valence-electron chi connectivity index (χ0n) is 15.6. The number of nitrogens with one attached hydrogen (secondary N) is 3. The number of primary amides is 1. The van der Waals surface area contributed by atoms with Crippen molar-refractivity contribution in [1.82, 2.24) is 16.0 Å². The SMILES string of the molecule is CC(NC(=O)C(CC(=O)O)NC(=O)C(N)CCC(N)=O)C(=O)NC(CS)C(=O)O. The molecule has 9 N–H and O–H groups in total. The topological polar surface area (TPSA) is 231 Å². The first-order chi connectivity index (χ1) is 13.4. The van der Waals surface area contributed by atoms with Crippen LogP contribution in [0.2, 0.25) is 0 Å². The fourth-order valence-electron chi connectivity index (χ4n) is 1.95. The van der Waals surface area contributed by atoms with Gasteiger partial charge >= 0.3 is 11.9 Å². The first-order valence-electron chi connectivity index (χ1n) is 8.39. The molecule has 0 rings (SSSR count). The van der Waals surface area contributed by atoms with Crippen molar-refractivity contribution in [2.24, 2.45) is 11.5 Å². The molecule has 0 aliphatic heterocycles. The molecule has 0 fully saturated rings. The Morgan fingerprint density at radius 3 is 1.93 bits per heavy atom. The van der Waals surface area contributed by atoms with Gasteiger partial charge in [0.15, 0.2) is 0 Å². The van der Waals surface area contributed by atoms with Crippen LogP contribution in [0.25, 0.3) is 0 Å². The Morgan fingerprint density at radius 1 is 0.931 bits per heavy atom. The molecule has 0 radical (unpaired) electrons. The predicted molar refractivity (Wildman–Crippen MR) is 102 cm³/mol. The zero-order valence-corrected chi connectivity index (χ0v) is 16.5. The Kier molecular flexibility index (Phi) is 11.3. The monoisotopic (exact) mass is 435 g/mol. The Bertz CT molecular complexity index is 659. The van der Waals surface area contributed by atoms with Gasteiger partial charge in [0.2, 0.25) is 23.6 Å². The summed E-state index contributed by atoms with van der Waals surface area (Å²) in [5.74, 6) is -6.34. The van der Waals surface area contributed by atoms with Crippen molar-refractivity contribution >= 4 is 48.2 Å². The minimum Gasteiger partial charge on any atom is -0.481 e. The number of rotatable bonds is 13. The first-order valence-corrected chi connectivity index (χ1v) is 9.02. The number of nitrogens with two attached hydrogens (primary N) is 2. The van der Waals surface area contributed by atoms with Gasteiger partial charge in [0.1, 0.15) is 18.1 Å². The van der Waals surface area contributed by atoms with Crippen LogP contribution in [-0.2, 0) is 28.8 Å². The van der Waals surface area contributed by atoms with E-state index in [1.54, 1.807) is 0 Å². The summed E-state index contributed by atoms with van der Waals surface area (Å²) in [4.78, 5) is 68.9. The lowest BCUT2D eigenvalue weighted by Crippen LogP contribution is -2.57. The maximum atomic E-state index is 12.3. The smallest absolute Gasteiger partial charge is 0.327 e. The van der Waals surface area contributed by atoms with Crippen molar-refractivity contribution in [3.05, 3.63) is 0 Å². The Balaban J connectivity index is 5.00. The van der Waals surface area contributed by atoms with Crippen LogP contribution < -0.4 is 27.4 Å². The van der Waals surface area contributed by atoms with E-state index < -0.39 is 66.2 Å². The molecule has 4 atom stereocenters. The normalized spacial score (nSPS) is 14.6. The molecule has 0 aliphatic rings. The summed E-state index contributed by atoms with van der Waals surface area (Å²) in [6.07, 6.45) is -1.10. The second-order valence-electron chi connectivity index (χ2n) is 6.08. The molecule has 164 valence electrons. The number of amides is 4. The fraction of sp³-hybridized carbons (Fsp3) is 0.600. The molecule has 0 aromatic carbocycles. The number of carboxylic acid groups (broad SMARTS) is 2. The van der Waals surface area contributed by atoms with E-state index in [2.05, 4.69) is 28.6 Å². The van der Waals surface area contributed by atoms with E-state index in [9.17, 15) is 28.8 Å². The predicted octanol–water partition coefficient (Wildman–Crippen LogP) is -3.46. The summed E-state index contributed by atoms with van der Waals surface area (Å²) < 4.78 is 0. The molecule has 0 aliphatic carbocycles. The summed E-state index contributed by atoms with van der Waals surface area (Å²) in [7, 11) is 0. The van der Waals surface area contributed by atoms with Gasteiger partial charge in [-0.1, -0.05) is 0 Å². The van der Waals surface area contributed by atoms with Crippen molar-refractivity contribution in [3.8, 4) is 0 Å². The highest BCUT2D eigenvalue weighted by Crippen LogP contribution is 2.00. The van der Waals surface area contributed by atoms with E-state index in [4.69, 9.17) is 21.7 Å². The number of hydrogen-bond donors (Lipinski definition) is 8. The third-order valence-electron chi connectivity index (χ3n) is 3.60. The average Bonchev–Trinajstić information content (AvgIpc) is 2.62. The summed E-state index contributed by atoms with van der Waals surface area (Å²) in [5, 5.41) is 24.3. The Hall–Kier alpha value is -2.87. The molecule has 0 saturated heterocycles. The van der Waals surface area contributed by atoms with Crippen molar-refractivity contribution in [1.29, 1.82) is 0 Å². The summed E-state index contributed by atoms with van der Waals surface area (Å²) in [5.41, 5.74) is 10.5. The van der Waals surface area contributed by atoms with Crippen molar-refractivity contribution in [2.45, 2.75) is 50.4 Å². The van der Waals surface area contributed by atoms with E-state index in [1.807, 2.05) is 0 Å². The second-order valence-corrected chi connectivity index (χ2v) is 6.45. The molecule has 0 saturated carbocycles. The maximum Gasteiger partial charge on any atom is 0.327 e. The molecule has 0 spiro atoms. The van der Waals surface area contributed by atoms with Crippen LogP contribution in [0.1, 0.15) is 26.2 Å². The van der Waals surface area contributed by atoms with Crippen LogP contribution in [0.5, 0.6) is 0 Å². The van der Waals surface area contributed by atoms with Gasteiger partial charge in [-0.2, -0.15) is 12.6 Å². The van der Waals surface area contributed by atoms with Crippen LogP contribution >= 0.6 is 12.6 Å². The number of carbonyl (C=O) groups is 6. The minimum atomic E-state index is -1.56. The van der Waals surface area contributed by atoms with E-state index in [-0.39, 0.29) is 18.6 Å². The van der Waals surface area contributed by atoms with Crippen molar-refractivity contribution in [2.75, 3.05) is 5.75 Å². The molecule has 0 aromatic heterocycles. The molecule has 4 amide bonds. The van der Waals surface area contributed by atoms with Gasteiger partial charge in [0, 0.05) is 12.2 Å². The van der Waals surface area contributed by atoms with Gasteiger partial charge in [-0.15, -0.1) is 0 Å². The number of hydrogen-bond acceptors (Lipinski definition) is 8. The van der Waals surface area contributed by atoms with Gasteiger partial charge in [-0.3, -0.25) is 24.0 Å². The quantitative estimate of drug-likeness (QED) is 0.134. The number of carboxylic acids is 2. The van der Waals surface area contributed by atoms with Crippen LogP contribution in [-0.4, -0.2) is 75.7 Å². The third-order valence-corrected chi connectivity index (χ3v) is 3.96. The Morgan fingerprint density at radius 2 is 1.48 bits per heavy atom. The van der Waals surface area contributed by atoms with Gasteiger partial charge in [-0.25, -0.2) is 4.79 Å². The highest BCUT2D eigenvalue weighted by molar-refractivity contribution is 7.80. The molecular weight excluding hydrogens is 410 g/mol. The Labute approximate surface area is 171 Å². The summed E-state index contributed by atoms with van der Waals surface area (Å²) in [6.45, 7) is 1.24. The van der Waals surface area contributed by atoms with Crippen molar-refractivity contribution in [3.63, 3.8) is 0 Å². The molecular formula is C15H25N5O8S. The standard InChI is InChI=1S/C15H25N5O8S/c1-6(12(24)20-9(5-29)15(27)28)18-14(26)8(4-11(22)23)19-13(25)7(16)2-3-10(17)21/h6-9,29H,2-5,16H2,1H3,(H2,17,21)(H,18,26)(H,19,25)(H,20,24)(H,22,23)(H,27,28). The average molecular weight is 435 g/mol. The minimum absolute atomic E-state index is 0.109. The van der Waals surface area contributed by atoms with E-state index in [0.717, 1.165) is 0 Å². The lowest BCUT2D eigenvalue weighted by Gasteiger charge is -2.22. The molecule has 13 nitrogen and oxygen atoms in total. The van der Waals surface area contributed by atoms with E-state index >= 15 is 0 Å². The van der Waals surface area contributed by atoms with Crippen LogP contribution in [0.4, 0.5) is 0 Å². The van der Waals surface area contributed by atoms with Crippen LogP contribution in [0.3, 0.4) is 0 Å². The highest BCUT2D eigenvalue weighted by atomic mass is 32.1. The van der Waals surface area contributed by atoms with E-state index in [1.165, 1.54) is 6.92 Å². The number of carbonyl (C=O) groups excluding carboxylic acids is 4. The zero-order chi connectivity index (χ0) is 22.7. The molecule has 0 heterocycles. The molecule has 14 heteroatoms. The van der Waals surface area contributed by atoms with Gasteiger partial charge in [0.25, 0.3) is 0 Å². The van der Waals surface area contributed by atoms with Gasteiger partial charge < -0.3 is 37.6 Å². The second kappa shape index (κ2) is 12.6. The van der Waals surface area contributed by atoms with Gasteiger partial charge in [-0.05, 0) is 13.3 Å². The van der Waals surface area contributed by atoms with E-state index in [0.29, 0.717) is 0 Å². The first kappa shape index (κ1) is 26.1. The number of thiol groups is 1. The maximum absolute atomic E-state index is 12.3. The third kappa shape index (κ3) is 10.3. The van der Waals surface area contributed by atoms with Gasteiger partial charge in [0.05, 0.1) is 12.5 Å². The number of aliphatic carboxylic acids is 2. The summed E-state index contributed by atoms with van der Waals surface area (Å²) in [6, 6.07) is -5.29. The fourth-order valence-corrected chi connectivity index (χ4v) is 2.20. The van der Waals surface area contributed by atoms with Crippen LogP contribution in [0, 0.1) is 0 Å². The summed E-state index contributed by atoms with van der Waals surface area (Å²) >= 11 is 3.79. The molecule has 29 heavy (non-hydrogen) atoms. The molecule has 0 bridgehead atoms. The van der Waals surface area contributed by atoms with Crippen molar-refractivity contribution < 1.29 is 39.0 Å². The largest absolute Gasteiger partial charge is 0.481 e. The lowest BCUT2D eigenvalue weighted by molar-refractivity contribution is -0.142. The highest BCUT2D eigenvalue weighted by Gasteiger charge is 2.29.